The van der Waals surface area contributed by atoms with E-state index in [2.05, 4.69) is 28.2 Å². The Kier molecular flexibility index (Phi) is 5.08. The van der Waals surface area contributed by atoms with Gasteiger partial charge in [-0.1, -0.05) is 17.7 Å². The number of likely N-dealkylation sites (tertiary alicyclic amines) is 1. The molecule has 23 heavy (non-hydrogen) atoms. The zero-order valence-corrected chi connectivity index (χ0v) is 13.8. The largest absolute Gasteiger partial charge is 0.370 e. The molecule has 1 saturated heterocycles. The number of nitrogens with one attached hydrogen (secondary N) is 1. The molecule has 3 heterocycles. The van der Waals surface area contributed by atoms with Gasteiger partial charge >= 0.3 is 0 Å². The fourth-order valence-electron chi connectivity index (χ4n) is 3.31. The maximum Gasteiger partial charge on any atom is 0.234 e. The van der Waals surface area contributed by atoms with Crippen molar-refractivity contribution in [3.8, 4) is 0 Å². The molecule has 1 aromatic heterocycles. The molecule has 5 heteroatoms. The standard InChI is InChI=1S/C18H25N3O2/c1-15-5-11-23-18(12-15)6-9-21(10-7-18)14-17(22)20-13-16-4-2-3-8-19-16/h2-4,8,12H,5-7,9-11,13-14H2,1H3,(H,20,22). The van der Waals surface area contributed by atoms with E-state index in [4.69, 9.17) is 4.74 Å². The van der Waals surface area contributed by atoms with Gasteiger partial charge in [-0.25, -0.2) is 0 Å². The van der Waals surface area contributed by atoms with Crippen molar-refractivity contribution in [2.45, 2.75) is 38.3 Å². The van der Waals surface area contributed by atoms with Gasteiger partial charge in [-0.3, -0.25) is 14.7 Å². The Labute approximate surface area is 137 Å². The third-order valence-corrected chi connectivity index (χ3v) is 4.66. The van der Waals surface area contributed by atoms with E-state index >= 15 is 0 Å². The topological polar surface area (TPSA) is 54.5 Å². The Bertz CT molecular complexity index is 563. The SMILES string of the molecule is CC1=CC2(CCN(CC(=O)NCc3ccccn3)CC2)OCC1. The first-order valence-electron chi connectivity index (χ1n) is 8.36. The van der Waals surface area contributed by atoms with Gasteiger partial charge in [-0.2, -0.15) is 0 Å². The molecule has 0 aromatic carbocycles. The first-order chi connectivity index (χ1) is 11.2. The van der Waals surface area contributed by atoms with Crippen LogP contribution in [0.15, 0.2) is 36.0 Å². The number of hydrogen-bond donors (Lipinski definition) is 1. The molecule has 3 rings (SSSR count). The fourth-order valence-corrected chi connectivity index (χ4v) is 3.31. The summed E-state index contributed by atoms with van der Waals surface area (Å²) in [5.41, 5.74) is 2.23. The van der Waals surface area contributed by atoms with E-state index in [0.29, 0.717) is 13.1 Å². The number of hydrogen-bond acceptors (Lipinski definition) is 4. The lowest BCUT2D eigenvalue weighted by Gasteiger charge is -2.42. The molecule has 0 radical (unpaired) electrons. The van der Waals surface area contributed by atoms with Crippen LogP contribution in [0.5, 0.6) is 0 Å². The minimum Gasteiger partial charge on any atom is -0.370 e. The summed E-state index contributed by atoms with van der Waals surface area (Å²) in [6.07, 6.45) is 7.03. The molecule has 1 aromatic rings. The normalized spacial score (nSPS) is 21.0. The van der Waals surface area contributed by atoms with Gasteiger partial charge < -0.3 is 10.1 Å². The Morgan fingerprint density at radius 2 is 2.22 bits per heavy atom. The molecule has 0 aliphatic carbocycles. The molecule has 0 saturated carbocycles. The van der Waals surface area contributed by atoms with Crippen LogP contribution >= 0.6 is 0 Å². The fraction of sp³-hybridized carbons (Fsp3) is 0.556. The van der Waals surface area contributed by atoms with Crippen LogP contribution in [0.3, 0.4) is 0 Å². The highest BCUT2D eigenvalue weighted by atomic mass is 16.5. The van der Waals surface area contributed by atoms with Gasteiger partial charge in [0.2, 0.25) is 5.91 Å². The van der Waals surface area contributed by atoms with Crippen molar-refractivity contribution in [1.82, 2.24) is 15.2 Å². The lowest BCUT2D eigenvalue weighted by Crippen LogP contribution is -2.48. The molecule has 2 aliphatic rings. The summed E-state index contributed by atoms with van der Waals surface area (Å²) in [6.45, 7) is 5.75. The zero-order valence-electron chi connectivity index (χ0n) is 13.8. The number of pyridine rings is 1. The third kappa shape index (κ3) is 4.39. The Morgan fingerprint density at radius 1 is 1.39 bits per heavy atom. The van der Waals surface area contributed by atoms with Crippen LogP contribution in [0, 0.1) is 0 Å². The highest BCUT2D eigenvalue weighted by Gasteiger charge is 2.35. The molecule has 0 atom stereocenters. The molecular weight excluding hydrogens is 290 g/mol. The molecule has 2 aliphatic heterocycles. The van der Waals surface area contributed by atoms with Crippen LogP contribution in [0.1, 0.15) is 31.9 Å². The molecule has 1 N–H and O–H groups in total. The van der Waals surface area contributed by atoms with Crippen molar-refractivity contribution in [3.05, 3.63) is 41.7 Å². The molecule has 5 nitrogen and oxygen atoms in total. The minimum absolute atomic E-state index is 0.0582. The Morgan fingerprint density at radius 3 is 2.91 bits per heavy atom. The third-order valence-electron chi connectivity index (χ3n) is 4.66. The second-order valence-corrected chi connectivity index (χ2v) is 6.53. The maximum atomic E-state index is 12.1. The van der Waals surface area contributed by atoms with Gasteiger partial charge in [-0.05, 0) is 38.3 Å². The van der Waals surface area contributed by atoms with Crippen molar-refractivity contribution < 1.29 is 9.53 Å². The van der Waals surface area contributed by atoms with Crippen LogP contribution in [0.2, 0.25) is 0 Å². The van der Waals surface area contributed by atoms with E-state index in [1.54, 1.807) is 6.20 Å². The summed E-state index contributed by atoms with van der Waals surface area (Å²) in [5.74, 6) is 0.0582. The summed E-state index contributed by atoms with van der Waals surface area (Å²) in [4.78, 5) is 18.5. The zero-order chi connectivity index (χ0) is 16.1. The van der Waals surface area contributed by atoms with Gasteiger partial charge in [0.25, 0.3) is 0 Å². The number of ether oxygens (including phenoxy) is 1. The van der Waals surface area contributed by atoms with Gasteiger partial charge in [-0.15, -0.1) is 0 Å². The number of carbonyl (C=O) groups excluding carboxylic acids is 1. The summed E-state index contributed by atoms with van der Waals surface area (Å²) in [6, 6.07) is 5.72. The first kappa shape index (κ1) is 16.1. The lowest BCUT2D eigenvalue weighted by molar-refractivity contribution is -0.124. The van der Waals surface area contributed by atoms with Crippen molar-refractivity contribution >= 4 is 5.91 Å². The van der Waals surface area contributed by atoms with E-state index in [-0.39, 0.29) is 11.5 Å². The second kappa shape index (κ2) is 7.23. The number of amides is 1. The molecule has 124 valence electrons. The molecular formula is C18H25N3O2. The number of nitrogens with zero attached hydrogens (tertiary/aromatic N) is 2. The molecule has 0 bridgehead atoms. The molecule has 0 unspecified atom stereocenters. The highest BCUT2D eigenvalue weighted by Crippen LogP contribution is 2.32. The number of piperidine rings is 1. The van der Waals surface area contributed by atoms with Gasteiger partial charge in [0.1, 0.15) is 0 Å². The molecule has 1 amide bonds. The molecule has 1 spiro atoms. The number of carbonyl (C=O) groups is 1. The van der Waals surface area contributed by atoms with Crippen LogP contribution in [-0.4, -0.2) is 47.6 Å². The first-order valence-corrected chi connectivity index (χ1v) is 8.36. The number of rotatable bonds is 4. The average Bonchev–Trinajstić information content (AvgIpc) is 2.56. The average molecular weight is 315 g/mol. The Hall–Kier alpha value is -1.72. The second-order valence-electron chi connectivity index (χ2n) is 6.53. The van der Waals surface area contributed by atoms with Crippen LogP contribution in [0.25, 0.3) is 0 Å². The monoisotopic (exact) mass is 315 g/mol. The Balaban J connectivity index is 1.43. The van der Waals surface area contributed by atoms with Crippen molar-refractivity contribution in [2.75, 3.05) is 26.2 Å². The van der Waals surface area contributed by atoms with Crippen LogP contribution < -0.4 is 5.32 Å². The van der Waals surface area contributed by atoms with Crippen LogP contribution in [-0.2, 0) is 16.1 Å². The predicted octanol–water partition coefficient (Wildman–Crippen LogP) is 1.90. The number of aromatic nitrogens is 1. The van der Waals surface area contributed by atoms with E-state index in [9.17, 15) is 4.79 Å². The summed E-state index contributed by atoms with van der Waals surface area (Å²) in [7, 11) is 0. The highest BCUT2D eigenvalue weighted by molar-refractivity contribution is 5.77. The van der Waals surface area contributed by atoms with Crippen molar-refractivity contribution in [3.63, 3.8) is 0 Å². The van der Waals surface area contributed by atoms with E-state index in [1.807, 2.05) is 18.2 Å². The van der Waals surface area contributed by atoms with E-state index in [0.717, 1.165) is 44.7 Å². The quantitative estimate of drug-likeness (QED) is 0.862. The van der Waals surface area contributed by atoms with Gasteiger partial charge in [0, 0.05) is 19.3 Å². The minimum atomic E-state index is -0.0801. The predicted molar refractivity (Wildman–Crippen MR) is 88.8 cm³/mol. The smallest absolute Gasteiger partial charge is 0.234 e. The van der Waals surface area contributed by atoms with Gasteiger partial charge in [0.15, 0.2) is 0 Å². The lowest BCUT2D eigenvalue weighted by atomic mass is 9.87. The van der Waals surface area contributed by atoms with Crippen molar-refractivity contribution in [2.24, 2.45) is 0 Å². The summed E-state index contributed by atoms with van der Waals surface area (Å²) in [5, 5.41) is 2.94. The van der Waals surface area contributed by atoms with E-state index in [1.165, 1.54) is 5.57 Å². The summed E-state index contributed by atoms with van der Waals surface area (Å²) < 4.78 is 6.02. The van der Waals surface area contributed by atoms with Crippen LogP contribution in [0.4, 0.5) is 0 Å². The van der Waals surface area contributed by atoms with Gasteiger partial charge in [0.05, 0.1) is 31.0 Å². The maximum absolute atomic E-state index is 12.1. The molecule has 1 fully saturated rings. The van der Waals surface area contributed by atoms with E-state index < -0.39 is 0 Å². The summed E-state index contributed by atoms with van der Waals surface area (Å²) >= 11 is 0. The van der Waals surface area contributed by atoms with Crippen molar-refractivity contribution in [1.29, 1.82) is 0 Å².